The third kappa shape index (κ3) is 4.81. The average molecular weight is 363 g/mol. The van der Waals surface area contributed by atoms with Crippen molar-refractivity contribution in [3.63, 3.8) is 0 Å². The van der Waals surface area contributed by atoms with Crippen LogP contribution in [0.2, 0.25) is 0 Å². The van der Waals surface area contributed by atoms with Crippen molar-refractivity contribution in [1.29, 1.82) is 0 Å². The van der Waals surface area contributed by atoms with Crippen LogP contribution >= 0.6 is 0 Å². The summed E-state index contributed by atoms with van der Waals surface area (Å²) in [5, 5.41) is 6.79. The summed E-state index contributed by atoms with van der Waals surface area (Å²) in [6, 6.07) is 5.93. The number of anilines is 1. The lowest BCUT2D eigenvalue weighted by atomic mass is 10.1. The number of ether oxygens (including phenoxy) is 2. The number of methoxy groups -OCH3 is 1. The molecule has 1 aromatic carbocycles. The van der Waals surface area contributed by atoms with Gasteiger partial charge < -0.3 is 14.8 Å². The van der Waals surface area contributed by atoms with Crippen LogP contribution in [0, 0.1) is 5.82 Å². The molecule has 0 saturated carbocycles. The molecular weight excluding hydrogens is 341 g/mol. The molecule has 140 valence electrons. The van der Waals surface area contributed by atoms with Gasteiger partial charge in [0.25, 0.3) is 5.91 Å². The molecule has 0 saturated heterocycles. The fraction of sp³-hybridized carbons (Fsp3) is 0.389. The molecule has 8 heteroatoms. The molecular formula is C18H22FN3O4. The Hall–Kier alpha value is -2.90. The van der Waals surface area contributed by atoms with Crippen molar-refractivity contribution in [3.05, 3.63) is 41.8 Å². The molecule has 0 aliphatic heterocycles. The van der Waals surface area contributed by atoms with Gasteiger partial charge >= 0.3 is 5.97 Å². The van der Waals surface area contributed by atoms with Crippen molar-refractivity contribution in [2.24, 2.45) is 0 Å². The van der Waals surface area contributed by atoms with Gasteiger partial charge in [-0.3, -0.25) is 9.59 Å². The van der Waals surface area contributed by atoms with Gasteiger partial charge in [-0.05, 0) is 38.5 Å². The summed E-state index contributed by atoms with van der Waals surface area (Å²) in [6.07, 6.45) is 0.425. The maximum Gasteiger partial charge on any atom is 0.311 e. The number of nitrogens with zero attached hydrogens (tertiary/aromatic N) is 2. The second kappa shape index (κ2) is 8.46. The van der Waals surface area contributed by atoms with Gasteiger partial charge in [0.15, 0.2) is 17.7 Å². The maximum absolute atomic E-state index is 13.7. The van der Waals surface area contributed by atoms with Crippen LogP contribution < -0.4 is 10.1 Å². The summed E-state index contributed by atoms with van der Waals surface area (Å²) >= 11 is 0. The molecule has 0 aliphatic carbocycles. The summed E-state index contributed by atoms with van der Waals surface area (Å²) in [5.74, 6) is -1.05. The van der Waals surface area contributed by atoms with Crippen molar-refractivity contribution >= 4 is 17.7 Å². The lowest BCUT2D eigenvalue weighted by molar-refractivity contribution is -0.152. The van der Waals surface area contributed by atoms with Crippen LogP contribution in [0.1, 0.15) is 32.4 Å². The minimum absolute atomic E-state index is 0.0723. The van der Waals surface area contributed by atoms with E-state index in [0.29, 0.717) is 11.4 Å². The SMILES string of the molecule is COc1ccc(CC(=O)O[C@@H](C)C(=O)Nc2ccnn2C(C)C)cc1F. The summed E-state index contributed by atoms with van der Waals surface area (Å²) in [4.78, 5) is 24.2. The molecule has 7 nitrogen and oxygen atoms in total. The number of esters is 1. The summed E-state index contributed by atoms with van der Waals surface area (Å²) < 4.78 is 25.3. The van der Waals surface area contributed by atoms with Crippen LogP contribution in [0.4, 0.5) is 10.2 Å². The Kier molecular flexibility index (Phi) is 6.32. The number of hydrogen-bond acceptors (Lipinski definition) is 5. The van der Waals surface area contributed by atoms with E-state index in [2.05, 4.69) is 10.4 Å². The van der Waals surface area contributed by atoms with E-state index in [1.165, 1.54) is 26.2 Å². The maximum atomic E-state index is 13.7. The minimum Gasteiger partial charge on any atom is -0.494 e. The van der Waals surface area contributed by atoms with Gasteiger partial charge in [-0.25, -0.2) is 9.07 Å². The number of aromatic nitrogens is 2. The first-order valence-electron chi connectivity index (χ1n) is 8.18. The molecule has 0 fully saturated rings. The molecule has 0 radical (unpaired) electrons. The van der Waals surface area contributed by atoms with E-state index >= 15 is 0 Å². The molecule has 26 heavy (non-hydrogen) atoms. The number of hydrogen-bond donors (Lipinski definition) is 1. The molecule has 1 amide bonds. The number of benzene rings is 1. The summed E-state index contributed by atoms with van der Waals surface area (Å²) in [6.45, 7) is 5.33. The number of nitrogens with one attached hydrogen (secondary N) is 1. The Bertz CT molecular complexity index is 788. The predicted octanol–water partition coefficient (Wildman–Crippen LogP) is 2.72. The predicted molar refractivity (Wildman–Crippen MR) is 93.5 cm³/mol. The van der Waals surface area contributed by atoms with Crippen LogP contribution in [0.3, 0.4) is 0 Å². The number of carbonyl (C=O) groups is 2. The molecule has 0 aliphatic rings. The van der Waals surface area contributed by atoms with Crippen LogP contribution in [0.25, 0.3) is 0 Å². The quantitative estimate of drug-likeness (QED) is 0.765. The number of halogens is 1. The standard InChI is InChI=1S/C18H22FN3O4/c1-11(2)22-16(7-8-20-22)21-18(24)12(3)26-17(23)10-13-5-6-15(25-4)14(19)9-13/h5-9,11-12H,10H2,1-4H3,(H,21,24)/t12-/m0/s1. The summed E-state index contributed by atoms with van der Waals surface area (Å²) in [5.41, 5.74) is 0.429. The smallest absolute Gasteiger partial charge is 0.311 e. The van der Waals surface area contributed by atoms with Gasteiger partial charge in [0.2, 0.25) is 0 Å². The van der Waals surface area contributed by atoms with Gasteiger partial charge in [-0.1, -0.05) is 6.07 Å². The lowest BCUT2D eigenvalue weighted by Crippen LogP contribution is -2.31. The van der Waals surface area contributed by atoms with Crippen LogP contribution in [0.15, 0.2) is 30.5 Å². The second-order valence-electron chi connectivity index (χ2n) is 6.02. The molecule has 0 unspecified atom stereocenters. The van der Waals surface area contributed by atoms with Crippen LogP contribution in [-0.4, -0.2) is 34.9 Å². The molecule has 2 rings (SSSR count). The first-order valence-corrected chi connectivity index (χ1v) is 8.18. The first-order chi connectivity index (χ1) is 12.3. The normalized spacial score (nSPS) is 11.9. The number of rotatable bonds is 7. The molecule has 1 heterocycles. The second-order valence-corrected chi connectivity index (χ2v) is 6.02. The zero-order chi connectivity index (χ0) is 19.3. The Morgan fingerprint density at radius 1 is 1.27 bits per heavy atom. The Morgan fingerprint density at radius 3 is 2.62 bits per heavy atom. The third-order valence-electron chi connectivity index (χ3n) is 3.65. The van der Waals surface area contributed by atoms with E-state index in [-0.39, 0.29) is 18.2 Å². The highest BCUT2D eigenvalue weighted by Crippen LogP contribution is 2.18. The number of amides is 1. The molecule has 1 N–H and O–H groups in total. The monoisotopic (exact) mass is 363 g/mol. The molecule has 1 atom stereocenters. The van der Waals surface area contributed by atoms with Crippen molar-refractivity contribution < 1.29 is 23.5 Å². The van der Waals surface area contributed by atoms with Crippen molar-refractivity contribution in [2.45, 2.75) is 39.3 Å². The molecule has 0 spiro atoms. The van der Waals surface area contributed by atoms with Crippen LogP contribution in [-0.2, 0) is 20.7 Å². The highest BCUT2D eigenvalue weighted by Gasteiger charge is 2.20. The Labute approximate surface area is 151 Å². The minimum atomic E-state index is -0.999. The van der Waals surface area contributed by atoms with Gasteiger partial charge in [0.1, 0.15) is 5.82 Å². The average Bonchev–Trinajstić information content (AvgIpc) is 3.03. The highest BCUT2D eigenvalue weighted by molar-refractivity contribution is 5.94. The third-order valence-corrected chi connectivity index (χ3v) is 3.65. The van der Waals surface area contributed by atoms with Gasteiger partial charge in [-0.15, -0.1) is 0 Å². The van der Waals surface area contributed by atoms with E-state index in [9.17, 15) is 14.0 Å². The Balaban J connectivity index is 1.92. The highest BCUT2D eigenvalue weighted by atomic mass is 19.1. The topological polar surface area (TPSA) is 82.4 Å². The fourth-order valence-electron chi connectivity index (χ4n) is 2.33. The van der Waals surface area contributed by atoms with Crippen molar-refractivity contribution in [3.8, 4) is 5.75 Å². The number of carbonyl (C=O) groups excluding carboxylic acids is 2. The van der Waals surface area contributed by atoms with Gasteiger partial charge in [-0.2, -0.15) is 5.10 Å². The Morgan fingerprint density at radius 2 is 2.00 bits per heavy atom. The molecule has 0 bridgehead atoms. The van der Waals surface area contributed by atoms with Crippen molar-refractivity contribution in [1.82, 2.24) is 9.78 Å². The van der Waals surface area contributed by atoms with Crippen molar-refractivity contribution in [2.75, 3.05) is 12.4 Å². The van der Waals surface area contributed by atoms with E-state index < -0.39 is 23.8 Å². The van der Waals surface area contributed by atoms with Crippen LogP contribution in [0.5, 0.6) is 5.75 Å². The fourth-order valence-corrected chi connectivity index (χ4v) is 2.33. The summed E-state index contributed by atoms with van der Waals surface area (Å²) in [7, 11) is 1.36. The van der Waals surface area contributed by atoms with E-state index in [1.54, 1.807) is 23.0 Å². The lowest BCUT2D eigenvalue weighted by Gasteiger charge is -2.16. The zero-order valence-electron chi connectivity index (χ0n) is 15.2. The molecule has 1 aromatic heterocycles. The molecule has 2 aromatic rings. The van der Waals surface area contributed by atoms with E-state index in [0.717, 1.165) is 0 Å². The largest absolute Gasteiger partial charge is 0.494 e. The van der Waals surface area contributed by atoms with E-state index in [4.69, 9.17) is 9.47 Å². The van der Waals surface area contributed by atoms with Gasteiger partial charge in [0.05, 0.1) is 19.7 Å². The van der Waals surface area contributed by atoms with E-state index in [1.807, 2.05) is 13.8 Å². The first kappa shape index (κ1) is 19.4. The van der Waals surface area contributed by atoms with Gasteiger partial charge in [0, 0.05) is 12.1 Å². The zero-order valence-corrected chi connectivity index (χ0v) is 15.2.